The quantitative estimate of drug-likeness (QED) is 0.541. The van der Waals surface area contributed by atoms with E-state index in [0.29, 0.717) is 10.9 Å². The lowest BCUT2D eigenvalue weighted by Gasteiger charge is -2.21. The first-order chi connectivity index (χ1) is 13.8. The first-order valence-electron chi connectivity index (χ1n) is 9.62. The zero-order valence-corrected chi connectivity index (χ0v) is 17.1. The molecule has 0 radical (unpaired) electrons. The van der Waals surface area contributed by atoms with Crippen molar-refractivity contribution in [3.8, 4) is 0 Å². The van der Waals surface area contributed by atoms with Gasteiger partial charge in [0.25, 0.3) is 5.56 Å². The molecule has 0 amide bonds. The molecule has 4 rings (SSSR count). The van der Waals surface area contributed by atoms with Crippen molar-refractivity contribution in [2.45, 2.75) is 34.2 Å². The van der Waals surface area contributed by atoms with Gasteiger partial charge >= 0.3 is 5.69 Å². The van der Waals surface area contributed by atoms with Gasteiger partial charge in [0.1, 0.15) is 0 Å². The minimum absolute atomic E-state index is 0.105. The average Bonchev–Trinajstić information content (AvgIpc) is 2.92. The Balaban J connectivity index is 1.89. The number of hydrogen-bond acceptors (Lipinski definition) is 3. The lowest BCUT2D eigenvalue weighted by Crippen LogP contribution is -2.32. The van der Waals surface area contributed by atoms with E-state index in [-0.39, 0.29) is 5.41 Å². The Morgan fingerprint density at radius 1 is 1.00 bits per heavy atom. The topological polar surface area (TPSA) is 72.2 Å². The highest BCUT2D eigenvalue weighted by Crippen LogP contribution is 2.28. The Kier molecular flexibility index (Phi) is 4.49. The molecule has 0 aliphatic rings. The number of benzene rings is 2. The van der Waals surface area contributed by atoms with Crippen molar-refractivity contribution in [2.24, 2.45) is 10.5 Å². The van der Waals surface area contributed by atoms with Gasteiger partial charge in [0.05, 0.1) is 17.1 Å². The molecule has 148 valence electrons. The highest BCUT2D eigenvalue weighted by atomic mass is 16.2. The van der Waals surface area contributed by atoms with Gasteiger partial charge in [-0.1, -0.05) is 51.1 Å². The fourth-order valence-electron chi connectivity index (χ4n) is 3.67. The van der Waals surface area contributed by atoms with E-state index in [2.05, 4.69) is 41.5 Å². The van der Waals surface area contributed by atoms with Crippen molar-refractivity contribution in [2.75, 3.05) is 0 Å². The fraction of sp³-hybridized carbons (Fsp3) is 0.261. The van der Waals surface area contributed by atoms with Gasteiger partial charge in [0, 0.05) is 28.7 Å². The van der Waals surface area contributed by atoms with Crippen molar-refractivity contribution in [3.63, 3.8) is 0 Å². The molecule has 29 heavy (non-hydrogen) atoms. The summed E-state index contributed by atoms with van der Waals surface area (Å²) in [5.41, 5.74) is 2.69. The number of aromatic amines is 1. The predicted molar refractivity (Wildman–Crippen MR) is 118 cm³/mol. The smallest absolute Gasteiger partial charge is 0.344 e. The number of H-pyrrole nitrogens is 1. The zero-order valence-electron chi connectivity index (χ0n) is 17.1. The van der Waals surface area contributed by atoms with Gasteiger partial charge in [0.15, 0.2) is 0 Å². The number of rotatable bonds is 3. The molecule has 2 aromatic carbocycles. The standard InChI is InChI=1S/C23H24N4O2/c1-15-18(16-9-6-8-12-20(16)26(15)14-23(2,3)4)13-24-27-21(28)17-10-5-7-11-19(17)25-22(27)29/h5-13H,14H2,1-4H3,(H,25,29). The molecule has 2 heterocycles. The number of para-hydroxylation sites is 2. The molecule has 2 aromatic heterocycles. The van der Waals surface area contributed by atoms with Crippen LogP contribution in [0.2, 0.25) is 0 Å². The largest absolute Gasteiger partial charge is 0.349 e. The lowest BCUT2D eigenvalue weighted by atomic mass is 9.96. The van der Waals surface area contributed by atoms with Crippen molar-refractivity contribution in [1.82, 2.24) is 14.2 Å². The summed E-state index contributed by atoms with van der Waals surface area (Å²) >= 11 is 0. The molecule has 0 fully saturated rings. The second kappa shape index (κ2) is 6.88. The van der Waals surface area contributed by atoms with Gasteiger partial charge in [-0.3, -0.25) is 4.79 Å². The maximum atomic E-state index is 12.7. The minimum Gasteiger partial charge on any atom is -0.344 e. The summed E-state index contributed by atoms with van der Waals surface area (Å²) in [6.07, 6.45) is 1.61. The van der Waals surface area contributed by atoms with E-state index in [0.717, 1.165) is 33.4 Å². The SMILES string of the molecule is Cc1c(C=Nn2c(=O)[nH]c3ccccc3c2=O)c2ccccc2n1CC(C)(C)C. The number of nitrogens with zero attached hydrogens (tertiary/aromatic N) is 3. The minimum atomic E-state index is -0.555. The molecule has 6 heteroatoms. The second-order valence-corrected chi connectivity index (χ2v) is 8.50. The maximum Gasteiger partial charge on any atom is 0.349 e. The van der Waals surface area contributed by atoms with E-state index in [1.54, 1.807) is 30.5 Å². The van der Waals surface area contributed by atoms with Gasteiger partial charge in [-0.15, -0.1) is 4.68 Å². The van der Waals surface area contributed by atoms with Crippen LogP contribution >= 0.6 is 0 Å². The molecular weight excluding hydrogens is 364 g/mol. The third-order valence-corrected chi connectivity index (χ3v) is 5.00. The molecule has 0 spiro atoms. The van der Waals surface area contributed by atoms with E-state index in [9.17, 15) is 9.59 Å². The fourth-order valence-corrected chi connectivity index (χ4v) is 3.67. The summed E-state index contributed by atoms with van der Waals surface area (Å²) in [6.45, 7) is 9.49. The number of fused-ring (bicyclic) bond motifs is 2. The van der Waals surface area contributed by atoms with E-state index in [1.807, 2.05) is 25.1 Å². The van der Waals surface area contributed by atoms with Crippen LogP contribution in [0.25, 0.3) is 21.8 Å². The summed E-state index contributed by atoms with van der Waals surface area (Å²) in [5.74, 6) is 0. The van der Waals surface area contributed by atoms with Crippen LogP contribution < -0.4 is 11.2 Å². The molecule has 0 aliphatic heterocycles. The van der Waals surface area contributed by atoms with Crippen LogP contribution in [0.4, 0.5) is 0 Å². The molecule has 0 bridgehead atoms. The summed E-state index contributed by atoms with van der Waals surface area (Å²) in [5, 5.41) is 5.74. The molecule has 4 aromatic rings. The Labute approximate surface area is 168 Å². The van der Waals surface area contributed by atoms with E-state index in [4.69, 9.17) is 0 Å². The maximum absolute atomic E-state index is 12.7. The highest BCUT2D eigenvalue weighted by molar-refractivity contribution is 6.01. The van der Waals surface area contributed by atoms with E-state index < -0.39 is 11.2 Å². The number of aromatic nitrogens is 3. The molecule has 0 aliphatic carbocycles. The highest BCUT2D eigenvalue weighted by Gasteiger charge is 2.18. The van der Waals surface area contributed by atoms with Gasteiger partial charge in [-0.05, 0) is 30.5 Å². The molecule has 0 saturated carbocycles. The van der Waals surface area contributed by atoms with Gasteiger partial charge < -0.3 is 9.55 Å². The molecule has 0 saturated heterocycles. The Morgan fingerprint density at radius 2 is 1.66 bits per heavy atom. The van der Waals surface area contributed by atoms with E-state index in [1.165, 1.54) is 0 Å². The summed E-state index contributed by atoms with van der Waals surface area (Å²) in [6, 6.07) is 15.0. The molecule has 0 atom stereocenters. The molecular formula is C23H24N4O2. The van der Waals surface area contributed by atoms with Gasteiger partial charge in [-0.2, -0.15) is 5.10 Å². The summed E-state index contributed by atoms with van der Waals surface area (Å²) < 4.78 is 3.15. The predicted octanol–water partition coefficient (Wildman–Crippen LogP) is 3.88. The van der Waals surface area contributed by atoms with Crippen LogP contribution in [0.15, 0.2) is 63.2 Å². The average molecular weight is 388 g/mol. The third kappa shape index (κ3) is 3.42. The number of hydrogen-bond donors (Lipinski definition) is 1. The molecule has 6 nitrogen and oxygen atoms in total. The van der Waals surface area contributed by atoms with Gasteiger partial charge in [0.2, 0.25) is 0 Å². The van der Waals surface area contributed by atoms with Crippen molar-refractivity contribution >= 4 is 28.0 Å². The summed E-state index contributed by atoms with van der Waals surface area (Å²) in [7, 11) is 0. The first-order valence-corrected chi connectivity index (χ1v) is 9.62. The van der Waals surface area contributed by atoms with Crippen LogP contribution in [0.1, 0.15) is 32.0 Å². The van der Waals surface area contributed by atoms with Crippen molar-refractivity contribution in [1.29, 1.82) is 0 Å². The van der Waals surface area contributed by atoms with Crippen LogP contribution in [0.3, 0.4) is 0 Å². The first kappa shape index (κ1) is 18.9. The second-order valence-electron chi connectivity index (χ2n) is 8.50. The molecule has 1 N–H and O–H groups in total. The van der Waals surface area contributed by atoms with Gasteiger partial charge in [-0.25, -0.2) is 4.79 Å². The lowest BCUT2D eigenvalue weighted by molar-refractivity contribution is 0.346. The zero-order chi connectivity index (χ0) is 20.8. The van der Waals surface area contributed by atoms with Crippen molar-refractivity contribution in [3.05, 3.63) is 80.6 Å². The number of nitrogens with one attached hydrogen (secondary N) is 1. The normalized spacial score (nSPS) is 12.4. The van der Waals surface area contributed by atoms with Crippen LogP contribution in [-0.2, 0) is 6.54 Å². The van der Waals surface area contributed by atoms with Crippen LogP contribution in [0, 0.1) is 12.3 Å². The molecule has 0 unspecified atom stereocenters. The van der Waals surface area contributed by atoms with Crippen LogP contribution in [-0.4, -0.2) is 20.4 Å². The third-order valence-electron chi connectivity index (χ3n) is 5.00. The van der Waals surface area contributed by atoms with E-state index >= 15 is 0 Å². The Hall–Kier alpha value is -3.41. The monoisotopic (exact) mass is 388 g/mol. The Bertz CT molecular complexity index is 1360. The van der Waals surface area contributed by atoms with Crippen LogP contribution in [0.5, 0.6) is 0 Å². The summed E-state index contributed by atoms with van der Waals surface area (Å²) in [4.78, 5) is 27.9. The Morgan fingerprint density at radius 3 is 2.38 bits per heavy atom. The van der Waals surface area contributed by atoms with Crippen molar-refractivity contribution < 1.29 is 0 Å².